The Morgan fingerprint density at radius 3 is 2.64 bits per heavy atom. The van der Waals surface area contributed by atoms with E-state index < -0.39 is 16.1 Å². The number of hydrogen-bond acceptors (Lipinski definition) is 7. The molecule has 0 spiro atoms. The average Bonchev–Trinajstić information content (AvgIpc) is 3.49. The number of hydrogen-bond donors (Lipinski definition) is 1. The third kappa shape index (κ3) is 6.39. The van der Waals surface area contributed by atoms with Gasteiger partial charge in [0.1, 0.15) is 28.8 Å². The summed E-state index contributed by atoms with van der Waals surface area (Å²) in [6, 6.07) is 17.1. The molecule has 1 fully saturated rings. The van der Waals surface area contributed by atoms with Gasteiger partial charge in [0.2, 0.25) is 15.9 Å². The van der Waals surface area contributed by atoms with Crippen molar-refractivity contribution in [2.75, 3.05) is 13.6 Å². The number of fused-ring (bicyclic) bond motifs is 1. The second-order valence-corrected chi connectivity index (χ2v) is 13.5. The summed E-state index contributed by atoms with van der Waals surface area (Å²) >= 11 is 13.3. The first-order valence-corrected chi connectivity index (χ1v) is 16.3. The Labute approximate surface area is 267 Å². The highest BCUT2D eigenvalue weighted by molar-refractivity contribution is 7.89. The van der Waals surface area contributed by atoms with Gasteiger partial charge in [0.05, 0.1) is 11.2 Å². The lowest BCUT2D eigenvalue weighted by Crippen LogP contribution is -2.46. The van der Waals surface area contributed by atoms with E-state index in [9.17, 15) is 13.2 Å². The smallest absolute Gasteiger partial charge is 0.245 e. The third-order valence-corrected chi connectivity index (χ3v) is 10.6. The lowest BCUT2D eigenvalue weighted by Gasteiger charge is -2.28. The van der Waals surface area contributed by atoms with Crippen molar-refractivity contribution in [3.05, 3.63) is 98.7 Å². The molecule has 3 aromatic carbocycles. The number of aromatic nitrogens is 1. The number of hydrazone groups is 1. The Hall–Kier alpha value is -3.70. The van der Waals surface area contributed by atoms with Crippen LogP contribution in [0, 0.1) is 13.8 Å². The molecule has 230 valence electrons. The van der Waals surface area contributed by atoms with Crippen LogP contribution in [0.4, 0.5) is 0 Å². The molecular weight excluding hydrogens is 621 g/mol. The van der Waals surface area contributed by atoms with Crippen molar-refractivity contribution in [1.29, 1.82) is 0 Å². The molecule has 0 aliphatic carbocycles. The third-order valence-electron chi connectivity index (χ3n) is 7.73. The minimum absolute atomic E-state index is 0.0365. The summed E-state index contributed by atoms with van der Waals surface area (Å²) in [5, 5.41) is 4.70. The van der Waals surface area contributed by atoms with E-state index in [0.29, 0.717) is 36.2 Å². The summed E-state index contributed by atoms with van der Waals surface area (Å²) < 4.78 is 35.4. The van der Waals surface area contributed by atoms with Crippen LogP contribution in [-0.2, 0) is 28.0 Å². The first-order valence-electron chi connectivity index (χ1n) is 14.1. The van der Waals surface area contributed by atoms with Crippen LogP contribution >= 0.6 is 23.2 Å². The topological polar surface area (TPSA) is 118 Å². The number of pyridine rings is 1. The van der Waals surface area contributed by atoms with Crippen LogP contribution in [0.5, 0.6) is 5.75 Å². The van der Waals surface area contributed by atoms with Crippen molar-refractivity contribution >= 4 is 56.2 Å². The van der Waals surface area contributed by atoms with Crippen molar-refractivity contribution in [1.82, 2.24) is 14.2 Å². The number of nitrogens with two attached hydrogens (primary N) is 1. The highest BCUT2D eigenvalue weighted by atomic mass is 35.5. The van der Waals surface area contributed by atoms with Crippen LogP contribution in [0.3, 0.4) is 0 Å². The second kappa shape index (κ2) is 13.1. The first-order chi connectivity index (χ1) is 21.0. The molecule has 1 atom stereocenters. The van der Waals surface area contributed by atoms with Gasteiger partial charge in [-0.05, 0) is 67.6 Å². The maximum atomic E-state index is 14.0. The summed E-state index contributed by atoms with van der Waals surface area (Å²) in [6.45, 7) is 4.36. The quantitative estimate of drug-likeness (QED) is 0.138. The van der Waals surface area contributed by atoms with Gasteiger partial charge in [-0.15, -0.1) is 0 Å². The Balaban J connectivity index is 1.37. The number of likely N-dealkylation sites (N-methyl/N-ethyl adjacent to an activating group) is 1. The van der Waals surface area contributed by atoms with E-state index in [0.717, 1.165) is 27.8 Å². The zero-order chi connectivity index (χ0) is 31.6. The number of benzene rings is 3. The number of sulfonamides is 1. The van der Waals surface area contributed by atoms with E-state index in [4.69, 9.17) is 33.8 Å². The summed E-state index contributed by atoms with van der Waals surface area (Å²) in [6.07, 6.45) is 2.48. The largest absolute Gasteiger partial charge is 0.487 e. The van der Waals surface area contributed by atoms with Crippen molar-refractivity contribution in [3.8, 4) is 5.75 Å². The number of para-hydroxylation sites is 1. The van der Waals surface area contributed by atoms with E-state index >= 15 is 0 Å². The number of carbonyl (C=O) groups is 1. The minimum atomic E-state index is -4.15. The Morgan fingerprint density at radius 2 is 1.91 bits per heavy atom. The number of aryl methyl sites for hydroxylation is 2. The molecular formula is C32H33Cl2N5O4S. The van der Waals surface area contributed by atoms with Gasteiger partial charge in [0.15, 0.2) is 0 Å². The molecule has 1 aromatic heterocycles. The molecule has 44 heavy (non-hydrogen) atoms. The maximum absolute atomic E-state index is 14.0. The molecule has 5 rings (SSSR count). The van der Waals surface area contributed by atoms with Gasteiger partial charge in [-0.1, -0.05) is 59.6 Å². The molecule has 1 aliphatic rings. The van der Waals surface area contributed by atoms with Crippen LogP contribution in [0.1, 0.15) is 40.8 Å². The van der Waals surface area contributed by atoms with Gasteiger partial charge >= 0.3 is 0 Å². The molecule has 4 aromatic rings. The SMILES string of the molecule is Cc1cc(C)c2cccc(OCc3c(Cl)ccc(S(=O)(=O)N4CCC[C@H]4C(=O)N(C)Cc4ccc(C=NN)cc4)c3Cl)c2n1. The molecule has 2 heterocycles. The van der Waals surface area contributed by atoms with Gasteiger partial charge < -0.3 is 15.5 Å². The number of carbonyl (C=O) groups excluding carboxylic acids is 1. The molecule has 1 amide bonds. The molecule has 1 saturated heterocycles. The Morgan fingerprint density at radius 1 is 1.16 bits per heavy atom. The van der Waals surface area contributed by atoms with E-state index in [1.165, 1.54) is 27.6 Å². The maximum Gasteiger partial charge on any atom is 0.245 e. The summed E-state index contributed by atoms with van der Waals surface area (Å²) in [4.78, 5) is 19.6. The summed E-state index contributed by atoms with van der Waals surface area (Å²) in [5.74, 6) is 5.45. The first kappa shape index (κ1) is 31.7. The molecule has 0 radical (unpaired) electrons. The average molecular weight is 655 g/mol. The van der Waals surface area contributed by atoms with E-state index in [1.807, 2.05) is 56.3 Å². The number of rotatable bonds is 9. The predicted molar refractivity (Wildman–Crippen MR) is 174 cm³/mol. The van der Waals surface area contributed by atoms with Crippen LogP contribution in [-0.4, -0.2) is 54.4 Å². The Bertz CT molecular complexity index is 1850. The molecule has 2 N–H and O–H groups in total. The van der Waals surface area contributed by atoms with Crippen molar-refractivity contribution < 1.29 is 17.9 Å². The highest BCUT2D eigenvalue weighted by Crippen LogP contribution is 2.37. The predicted octanol–water partition coefficient (Wildman–Crippen LogP) is 5.84. The molecule has 0 unspecified atom stereocenters. The fourth-order valence-corrected chi connectivity index (χ4v) is 8.05. The van der Waals surface area contributed by atoms with Crippen molar-refractivity contribution in [2.24, 2.45) is 10.9 Å². The Kier molecular flexibility index (Phi) is 9.45. The monoisotopic (exact) mass is 653 g/mol. The molecule has 0 saturated carbocycles. The summed E-state index contributed by atoms with van der Waals surface area (Å²) in [5.41, 5.74) is 4.67. The molecule has 12 heteroatoms. The van der Waals surface area contributed by atoms with Gasteiger partial charge in [-0.2, -0.15) is 9.41 Å². The highest BCUT2D eigenvalue weighted by Gasteiger charge is 2.41. The van der Waals surface area contributed by atoms with Crippen LogP contribution in [0.2, 0.25) is 10.0 Å². The number of nitrogens with zero attached hydrogens (tertiary/aromatic N) is 4. The van der Waals surface area contributed by atoms with E-state index in [2.05, 4.69) is 10.1 Å². The van der Waals surface area contributed by atoms with Crippen molar-refractivity contribution in [3.63, 3.8) is 0 Å². The lowest BCUT2D eigenvalue weighted by atomic mass is 10.1. The van der Waals surface area contributed by atoms with Gasteiger partial charge in [0, 0.05) is 41.8 Å². The van der Waals surface area contributed by atoms with Crippen LogP contribution in [0.25, 0.3) is 10.9 Å². The number of halogens is 2. The van der Waals surface area contributed by atoms with E-state index in [-0.39, 0.29) is 34.0 Å². The van der Waals surface area contributed by atoms with Gasteiger partial charge in [-0.3, -0.25) is 4.79 Å². The second-order valence-electron chi connectivity index (χ2n) is 10.8. The molecule has 0 bridgehead atoms. The standard InChI is InChI=1S/C32H33Cl2N5O4S/c1-20-16-21(2)37-31-24(20)6-4-8-28(31)43-19-25-26(33)13-14-29(30(25)34)44(41,42)39-15-5-7-27(39)32(40)38(3)18-23-11-9-22(10-12-23)17-36-35/h4,6,8-14,16-17,27H,5,7,15,18-19,35H2,1-3H3/t27-/m0/s1. The van der Waals surface area contributed by atoms with Gasteiger partial charge in [-0.25, -0.2) is 13.4 Å². The molecule has 1 aliphatic heterocycles. The van der Waals surface area contributed by atoms with Crippen LogP contribution in [0.15, 0.2) is 70.7 Å². The normalized spacial score (nSPS) is 15.7. The fraction of sp³-hybridized carbons (Fsp3) is 0.281. The zero-order valence-corrected chi connectivity index (χ0v) is 27.0. The number of ether oxygens (including phenoxy) is 1. The molecule has 9 nitrogen and oxygen atoms in total. The zero-order valence-electron chi connectivity index (χ0n) is 24.6. The van der Waals surface area contributed by atoms with Crippen LogP contribution < -0.4 is 10.6 Å². The van der Waals surface area contributed by atoms with E-state index in [1.54, 1.807) is 13.1 Å². The van der Waals surface area contributed by atoms with Gasteiger partial charge in [0.25, 0.3) is 0 Å². The fourth-order valence-electron chi connectivity index (χ4n) is 5.53. The minimum Gasteiger partial charge on any atom is -0.487 e. The number of amides is 1. The summed E-state index contributed by atoms with van der Waals surface area (Å²) in [7, 11) is -2.49. The lowest BCUT2D eigenvalue weighted by molar-refractivity contribution is -0.133. The van der Waals surface area contributed by atoms with Crippen molar-refractivity contribution in [2.45, 2.75) is 50.8 Å².